The molecule has 0 aliphatic carbocycles. The van der Waals surface area contributed by atoms with Crippen LogP contribution < -0.4 is 10.6 Å². The molecule has 0 bridgehead atoms. The highest BCUT2D eigenvalue weighted by molar-refractivity contribution is 9.10. The number of thioether (sulfide) groups is 1. The number of carbonyl (C=O) groups is 2. The Balaban J connectivity index is 1.55. The van der Waals surface area contributed by atoms with Crippen LogP contribution in [0.2, 0.25) is 5.02 Å². The van der Waals surface area contributed by atoms with Gasteiger partial charge in [-0.15, -0.1) is 10.2 Å². The summed E-state index contributed by atoms with van der Waals surface area (Å²) in [4.78, 5) is 24.4. The van der Waals surface area contributed by atoms with Crippen molar-refractivity contribution in [2.24, 2.45) is 7.05 Å². The zero-order chi connectivity index (χ0) is 24.2. The van der Waals surface area contributed by atoms with Crippen LogP contribution in [-0.4, -0.2) is 32.3 Å². The Morgan fingerprint density at radius 3 is 2.52 bits per heavy atom. The fourth-order valence-corrected chi connectivity index (χ4v) is 3.76. The van der Waals surface area contributed by atoms with Crippen molar-refractivity contribution in [1.82, 2.24) is 20.1 Å². The van der Waals surface area contributed by atoms with Gasteiger partial charge < -0.3 is 15.2 Å². The summed E-state index contributed by atoms with van der Waals surface area (Å²) in [6.07, 6.45) is -4.55. The van der Waals surface area contributed by atoms with Crippen molar-refractivity contribution < 1.29 is 22.8 Å². The van der Waals surface area contributed by atoms with Crippen molar-refractivity contribution in [3.8, 4) is 0 Å². The van der Waals surface area contributed by atoms with Crippen LogP contribution in [0.3, 0.4) is 0 Å². The van der Waals surface area contributed by atoms with Crippen LogP contribution in [0.5, 0.6) is 0 Å². The summed E-state index contributed by atoms with van der Waals surface area (Å²) in [6.45, 7) is 0.116. The number of hydrogen-bond donors (Lipinski definition) is 2. The minimum absolute atomic E-state index is 0.0104. The number of amides is 2. The van der Waals surface area contributed by atoms with Gasteiger partial charge in [0, 0.05) is 17.1 Å². The maximum atomic E-state index is 12.9. The molecule has 2 amide bonds. The molecular formula is C20H16BrClF3N5O2S. The molecule has 0 aliphatic heterocycles. The fraction of sp³-hybridized carbons (Fsp3) is 0.200. The van der Waals surface area contributed by atoms with Gasteiger partial charge in [0.25, 0.3) is 5.91 Å². The second-order valence-corrected chi connectivity index (χ2v) is 8.94. The first kappa shape index (κ1) is 25.1. The van der Waals surface area contributed by atoms with Crippen molar-refractivity contribution in [3.05, 3.63) is 68.9 Å². The van der Waals surface area contributed by atoms with E-state index >= 15 is 0 Å². The highest BCUT2D eigenvalue weighted by Gasteiger charge is 2.31. The first-order valence-electron chi connectivity index (χ1n) is 9.26. The standard InChI is InChI=1S/C20H16BrClF3N5O2S/c1-30-16(9-26-18(32)11-2-5-13(21)6-3-11)28-29-19(30)33-10-17(31)27-15-8-12(20(23,24)25)4-7-14(15)22/h2-8H,9-10H2,1H3,(H,26,32)(H,27,31). The topological polar surface area (TPSA) is 88.9 Å². The van der Waals surface area contributed by atoms with E-state index in [0.29, 0.717) is 16.5 Å². The minimum atomic E-state index is -4.55. The second kappa shape index (κ2) is 10.6. The number of nitrogens with zero attached hydrogens (tertiary/aromatic N) is 3. The molecule has 0 saturated heterocycles. The van der Waals surface area contributed by atoms with E-state index in [9.17, 15) is 22.8 Å². The summed E-state index contributed by atoms with van der Waals surface area (Å²) < 4.78 is 41.1. The molecule has 33 heavy (non-hydrogen) atoms. The average molecular weight is 563 g/mol. The Kier molecular flexibility index (Phi) is 8.03. The van der Waals surface area contributed by atoms with Crippen LogP contribution in [0.1, 0.15) is 21.7 Å². The van der Waals surface area contributed by atoms with E-state index in [-0.39, 0.29) is 28.9 Å². The summed E-state index contributed by atoms with van der Waals surface area (Å²) in [6, 6.07) is 9.54. The van der Waals surface area contributed by atoms with E-state index in [1.165, 1.54) is 0 Å². The van der Waals surface area contributed by atoms with Crippen molar-refractivity contribution in [2.75, 3.05) is 11.1 Å². The molecule has 0 radical (unpaired) electrons. The molecule has 2 N–H and O–H groups in total. The van der Waals surface area contributed by atoms with Gasteiger partial charge >= 0.3 is 6.18 Å². The van der Waals surface area contributed by atoms with Crippen molar-refractivity contribution in [1.29, 1.82) is 0 Å². The molecule has 1 aromatic heterocycles. The molecule has 0 fully saturated rings. The highest BCUT2D eigenvalue weighted by atomic mass is 79.9. The van der Waals surface area contributed by atoms with Crippen molar-refractivity contribution in [3.63, 3.8) is 0 Å². The van der Waals surface area contributed by atoms with Gasteiger partial charge in [0.1, 0.15) is 0 Å². The molecule has 13 heteroatoms. The van der Waals surface area contributed by atoms with Crippen LogP contribution in [0, 0.1) is 0 Å². The Bertz CT molecular complexity index is 1170. The fourth-order valence-electron chi connectivity index (χ4n) is 2.60. The van der Waals surface area contributed by atoms with Crippen molar-refractivity contribution in [2.45, 2.75) is 17.9 Å². The monoisotopic (exact) mass is 561 g/mol. The van der Waals surface area contributed by atoms with Crippen LogP contribution in [-0.2, 0) is 24.6 Å². The van der Waals surface area contributed by atoms with Gasteiger partial charge in [-0.25, -0.2) is 0 Å². The van der Waals surface area contributed by atoms with Crippen LogP contribution in [0.25, 0.3) is 0 Å². The van der Waals surface area contributed by atoms with E-state index in [4.69, 9.17) is 11.6 Å². The van der Waals surface area contributed by atoms with E-state index in [1.54, 1.807) is 35.9 Å². The Hall–Kier alpha value is -2.57. The first-order valence-corrected chi connectivity index (χ1v) is 11.4. The quantitative estimate of drug-likeness (QED) is 0.400. The number of nitrogens with one attached hydrogen (secondary N) is 2. The van der Waals surface area contributed by atoms with Crippen LogP contribution >= 0.6 is 39.3 Å². The number of anilines is 1. The summed E-state index contributed by atoms with van der Waals surface area (Å²) >= 11 is 10.2. The Morgan fingerprint density at radius 2 is 1.85 bits per heavy atom. The van der Waals surface area contributed by atoms with Gasteiger partial charge in [-0.1, -0.05) is 39.3 Å². The zero-order valence-corrected chi connectivity index (χ0v) is 20.1. The normalized spacial score (nSPS) is 11.3. The molecular weight excluding hydrogens is 547 g/mol. The molecule has 3 rings (SSSR count). The van der Waals surface area contributed by atoms with Gasteiger partial charge in [-0.3, -0.25) is 9.59 Å². The van der Waals surface area contributed by atoms with Gasteiger partial charge in [-0.2, -0.15) is 13.2 Å². The second-order valence-electron chi connectivity index (χ2n) is 6.68. The summed E-state index contributed by atoms with van der Waals surface area (Å²) in [5.41, 5.74) is -0.565. The third-order valence-electron chi connectivity index (χ3n) is 4.34. The van der Waals surface area contributed by atoms with E-state index in [2.05, 4.69) is 36.8 Å². The number of halogens is 5. The number of benzene rings is 2. The lowest BCUT2D eigenvalue weighted by Crippen LogP contribution is -2.24. The lowest BCUT2D eigenvalue weighted by atomic mass is 10.2. The molecule has 0 atom stereocenters. The number of aromatic nitrogens is 3. The SMILES string of the molecule is Cn1c(CNC(=O)c2ccc(Br)cc2)nnc1SCC(=O)Nc1cc(C(F)(F)F)ccc1Cl. The molecule has 0 saturated carbocycles. The molecule has 0 aliphatic rings. The average Bonchev–Trinajstić information content (AvgIpc) is 3.11. The number of alkyl halides is 3. The third kappa shape index (κ3) is 6.71. The molecule has 7 nitrogen and oxygen atoms in total. The molecule has 1 heterocycles. The van der Waals surface area contributed by atoms with E-state index in [0.717, 1.165) is 34.4 Å². The minimum Gasteiger partial charge on any atom is -0.345 e. The van der Waals surface area contributed by atoms with Crippen molar-refractivity contribution >= 4 is 56.8 Å². The molecule has 3 aromatic rings. The van der Waals surface area contributed by atoms with Gasteiger partial charge in [-0.05, 0) is 42.5 Å². The first-order chi connectivity index (χ1) is 15.5. The molecule has 174 valence electrons. The maximum Gasteiger partial charge on any atom is 0.416 e. The smallest absolute Gasteiger partial charge is 0.345 e. The Labute approximate surface area is 204 Å². The van der Waals surface area contributed by atoms with Gasteiger partial charge in [0.05, 0.1) is 28.6 Å². The summed E-state index contributed by atoms with van der Waals surface area (Å²) in [7, 11) is 1.67. The lowest BCUT2D eigenvalue weighted by molar-refractivity contribution is -0.137. The number of hydrogen-bond acceptors (Lipinski definition) is 5. The zero-order valence-electron chi connectivity index (χ0n) is 16.9. The summed E-state index contributed by atoms with van der Waals surface area (Å²) in [5.74, 6) is -0.514. The van der Waals surface area contributed by atoms with Crippen LogP contribution in [0.15, 0.2) is 52.1 Å². The van der Waals surface area contributed by atoms with Gasteiger partial charge in [0.15, 0.2) is 11.0 Å². The Morgan fingerprint density at radius 1 is 1.15 bits per heavy atom. The lowest BCUT2D eigenvalue weighted by Gasteiger charge is -2.11. The predicted molar refractivity (Wildman–Crippen MR) is 122 cm³/mol. The van der Waals surface area contributed by atoms with E-state index < -0.39 is 17.6 Å². The van der Waals surface area contributed by atoms with Crippen LogP contribution in [0.4, 0.5) is 18.9 Å². The number of carbonyl (C=O) groups excluding carboxylic acids is 2. The number of rotatable bonds is 7. The molecule has 0 spiro atoms. The van der Waals surface area contributed by atoms with E-state index in [1.807, 2.05) is 0 Å². The molecule has 2 aromatic carbocycles. The molecule has 0 unspecified atom stereocenters. The maximum absolute atomic E-state index is 12.9. The predicted octanol–water partition coefficient (Wildman–Crippen LogP) is 4.91. The largest absolute Gasteiger partial charge is 0.416 e. The highest BCUT2D eigenvalue weighted by Crippen LogP contribution is 2.34. The van der Waals surface area contributed by atoms with Gasteiger partial charge in [0.2, 0.25) is 5.91 Å². The summed E-state index contributed by atoms with van der Waals surface area (Å²) in [5, 5.41) is 13.5. The third-order valence-corrected chi connectivity index (χ3v) is 6.22.